The lowest BCUT2D eigenvalue weighted by molar-refractivity contribution is -0.120. The molecule has 3 aromatic rings. The Bertz CT molecular complexity index is 1340. The number of aryl methyl sites for hydroxylation is 1. The number of methoxy groups -OCH3 is 1. The Morgan fingerprint density at radius 1 is 1.23 bits per heavy atom. The zero-order valence-electron chi connectivity index (χ0n) is 22.6. The molecule has 1 saturated carbocycles. The predicted molar refractivity (Wildman–Crippen MR) is 149 cm³/mol. The molecule has 5 rings (SSSR count). The maximum atomic E-state index is 13.6. The summed E-state index contributed by atoms with van der Waals surface area (Å²) in [5.41, 5.74) is 1.37. The van der Waals surface area contributed by atoms with E-state index in [9.17, 15) is 14.3 Å². The lowest BCUT2D eigenvalue weighted by Gasteiger charge is -2.30. The molecule has 0 saturated heterocycles. The van der Waals surface area contributed by atoms with Crippen LogP contribution in [0.5, 0.6) is 17.2 Å². The Kier molecular flexibility index (Phi) is 9.84. The zero-order chi connectivity index (χ0) is 28.7. The number of carbonyl (C=O) groups excluding carboxylic acids is 1. The number of hydrogen-bond donors (Lipinski definition) is 3. The molecule has 1 aromatic heterocycles. The van der Waals surface area contributed by atoms with Crippen molar-refractivity contribution in [1.29, 1.82) is 0 Å². The van der Waals surface area contributed by atoms with Crippen LogP contribution in [0.15, 0.2) is 48.5 Å². The molecule has 214 valence electrons. The van der Waals surface area contributed by atoms with Gasteiger partial charge < -0.3 is 29.7 Å². The molecule has 2 aliphatic rings. The number of carbonyl (C=O) groups is 1. The van der Waals surface area contributed by atoms with Crippen molar-refractivity contribution >= 4 is 17.5 Å². The fourth-order valence-electron chi connectivity index (χ4n) is 4.59. The number of pyridine rings is 1. The standard InChI is InChI=1S/C21H22ClFN2O3.C9H12O3/c1-12(26)24-11-21(27,15-5-6-15)18-10-14-3-2-8-28-20(14)19(25-18)13-4-7-17(23)16(22)9-13;1-11-8-4-2-3-5-9(8)12-7-6-10/h4,7,9-10,15,27H,2-3,5-6,8,11H2,1H3,(H,24,26);2-5,10H,6-7H2,1H3. The minimum absolute atomic E-state index is 0.00460. The second-order valence-electron chi connectivity index (χ2n) is 9.76. The van der Waals surface area contributed by atoms with Crippen molar-refractivity contribution in [1.82, 2.24) is 10.3 Å². The van der Waals surface area contributed by atoms with Crippen molar-refractivity contribution < 1.29 is 33.6 Å². The van der Waals surface area contributed by atoms with Crippen LogP contribution in [0.25, 0.3) is 11.3 Å². The van der Waals surface area contributed by atoms with Gasteiger partial charge in [-0.25, -0.2) is 9.37 Å². The SMILES string of the molecule is CC(=O)NCC(O)(c1cc2c(c(-c3ccc(F)c(Cl)c3)n1)OCCC2)C1CC1.COc1ccccc1OCCO. The highest BCUT2D eigenvalue weighted by atomic mass is 35.5. The van der Waals surface area contributed by atoms with Crippen molar-refractivity contribution in [2.24, 2.45) is 5.92 Å². The van der Waals surface area contributed by atoms with E-state index in [1.54, 1.807) is 19.2 Å². The van der Waals surface area contributed by atoms with Crippen LogP contribution in [-0.4, -0.2) is 54.6 Å². The largest absolute Gasteiger partial charge is 0.493 e. The molecular weight excluding hydrogens is 539 g/mol. The summed E-state index contributed by atoms with van der Waals surface area (Å²) >= 11 is 5.98. The summed E-state index contributed by atoms with van der Waals surface area (Å²) in [5.74, 6) is 1.33. The van der Waals surface area contributed by atoms with Gasteiger partial charge in [0.1, 0.15) is 29.5 Å². The van der Waals surface area contributed by atoms with E-state index in [1.165, 1.54) is 19.1 Å². The molecule has 2 heterocycles. The predicted octanol–water partition coefficient (Wildman–Crippen LogP) is 4.67. The summed E-state index contributed by atoms with van der Waals surface area (Å²) in [6.45, 7) is 2.41. The highest BCUT2D eigenvalue weighted by Gasteiger charge is 2.47. The van der Waals surface area contributed by atoms with Gasteiger partial charge in [0.15, 0.2) is 11.5 Å². The van der Waals surface area contributed by atoms with Gasteiger partial charge in [0.2, 0.25) is 5.91 Å². The first-order chi connectivity index (χ1) is 19.3. The number of nitrogens with one attached hydrogen (secondary N) is 1. The quantitative estimate of drug-likeness (QED) is 0.342. The third-order valence-electron chi connectivity index (χ3n) is 6.80. The van der Waals surface area contributed by atoms with Gasteiger partial charge in [-0.2, -0.15) is 0 Å². The minimum atomic E-state index is -1.25. The number of hydrogen-bond acceptors (Lipinski definition) is 7. The molecule has 3 N–H and O–H groups in total. The summed E-state index contributed by atoms with van der Waals surface area (Å²) in [7, 11) is 1.58. The Balaban J connectivity index is 0.000000259. The first-order valence-corrected chi connectivity index (χ1v) is 13.6. The summed E-state index contributed by atoms with van der Waals surface area (Å²) in [6, 6.07) is 13.6. The third-order valence-corrected chi connectivity index (χ3v) is 7.09. The number of benzene rings is 2. The van der Waals surface area contributed by atoms with Crippen LogP contribution in [0.2, 0.25) is 5.02 Å². The molecule has 40 heavy (non-hydrogen) atoms. The fourth-order valence-corrected chi connectivity index (χ4v) is 4.77. The van der Waals surface area contributed by atoms with Gasteiger partial charge in [-0.05, 0) is 73.6 Å². The Morgan fingerprint density at radius 3 is 2.62 bits per heavy atom. The van der Waals surface area contributed by atoms with Crippen molar-refractivity contribution in [3.8, 4) is 28.5 Å². The molecule has 1 atom stereocenters. The fraction of sp³-hybridized carbons (Fsp3) is 0.400. The van der Waals surface area contributed by atoms with Crippen LogP contribution in [0.1, 0.15) is 37.4 Å². The van der Waals surface area contributed by atoms with Crippen LogP contribution < -0.4 is 19.5 Å². The van der Waals surface area contributed by atoms with Gasteiger partial charge >= 0.3 is 0 Å². The normalized spacial score (nSPS) is 15.4. The van der Waals surface area contributed by atoms with E-state index in [1.807, 2.05) is 24.3 Å². The first kappa shape index (κ1) is 29.6. The molecule has 0 radical (unpaired) electrons. The van der Waals surface area contributed by atoms with Gasteiger partial charge in [-0.3, -0.25) is 4.79 Å². The number of aliphatic hydroxyl groups excluding tert-OH is 1. The van der Waals surface area contributed by atoms with E-state index < -0.39 is 11.4 Å². The molecule has 10 heteroatoms. The van der Waals surface area contributed by atoms with Crippen molar-refractivity contribution in [3.05, 3.63) is 70.6 Å². The number of aromatic nitrogens is 1. The topological polar surface area (TPSA) is 110 Å². The second-order valence-corrected chi connectivity index (χ2v) is 10.2. The van der Waals surface area contributed by atoms with Crippen molar-refractivity contribution in [2.45, 2.75) is 38.2 Å². The van der Waals surface area contributed by atoms with Crippen molar-refractivity contribution in [3.63, 3.8) is 0 Å². The highest BCUT2D eigenvalue weighted by molar-refractivity contribution is 6.31. The minimum Gasteiger partial charge on any atom is -0.493 e. The van der Waals surface area contributed by atoms with Gasteiger partial charge in [-0.1, -0.05) is 23.7 Å². The molecule has 1 fully saturated rings. The van der Waals surface area contributed by atoms with Crippen LogP contribution in [0.4, 0.5) is 4.39 Å². The van der Waals surface area contributed by atoms with Gasteiger partial charge in [0, 0.05) is 12.5 Å². The van der Waals surface area contributed by atoms with Crippen molar-refractivity contribution in [2.75, 3.05) is 33.5 Å². The van der Waals surface area contributed by atoms with E-state index in [2.05, 4.69) is 5.32 Å². The van der Waals surface area contributed by atoms with Gasteiger partial charge in [-0.15, -0.1) is 0 Å². The maximum absolute atomic E-state index is 13.6. The molecule has 1 aliphatic carbocycles. The van der Waals surface area contributed by atoms with E-state index in [-0.39, 0.29) is 30.0 Å². The molecular formula is C30H34ClFN2O6. The van der Waals surface area contributed by atoms with E-state index in [0.717, 1.165) is 31.2 Å². The number of rotatable bonds is 9. The molecule has 1 aliphatic heterocycles. The van der Waals surface area contributed by atoms with Gasteiger partial charge in [0.25, 0.3) is 0 Å². The lowest BCUT2D eigenvalue weighted by atomic mass is 9.89. The Hall–Kier alpha value is -3.40. The summed E-state index contributed by atoms with van der Waals surface area (Å²) in [6.07, 6.45) is 3.42. The third kappa shape index (κ3) is 7.02. The van der Waals surface area contributed by atoms with E-state index in [0.29, 0.717) is 47.4 Å². The Morgan fingerprint density at radius 2 is 1.98 bits per heavy atom. The zero-order valence-corrected chi connectivity index (χ0v) is 23.3. The number of nitrogens with zero attached hydrogens (tertiary/aromatic N) is 1. The number of aliphatic hydroxyl groups is 2. The van der Waals surface area contributed by atoms with Crippen LogP contribution in [0, 0.1) is 11.7 Å². The summed E-state index contributed by atoms with van der Waals surface area (Å²) in [4.78, 5) is 16.2. The average Bonchev–Trinajstić information content (AvgIpc) is 3.82. The number of fused-ring (bicyclic) bond motifs is 1. The maximum Gasteiger partial charge on any atom is 0.216 e. The summed E-state index contributed by atoms with van der Waals surface area (Å²) < 4.78 is 29.8. The summed E-state index contributed by atoms with van der Waals surface area (Å²) in [5, 5.41) is 22.7. The molecule has 8 nitrogen and oxygen atoms in total. The molecule has 1 unspecified atom stereocenters. The second kappa shape index (κ2) is 13.3. The first-order valence-electron chi connectivity index (χ1n) is 13.2. The smallest absolute Gasteiger partial charge is 0.216 e. The molecule has 0 bridgehead atoms. The lowest BCUT2D eigenvalue weighted by Crippen LogP contribution is -2.42. The molecule has 1 amide bonds. The molecule has 2 aromatic carbocycles. The number of ether oxygens (including phenoxy) is 3. The van der Waals surface area contributed by atoms with E-state index in [4.69, 9.17) is 35.9 Å². The van der Waals surface area contributed by atoms with Gasteiger partial charge in [0.05, 0.1) is 37.6 Å². The monoisotopic (exact) mass is 572 g/mol. The van der Waals surface area contributed by atoms with Crippen LogP contribution >= 0.6 is 11.6 Å². The highest BCUT2D eigenvalue weighted by Crippen LogP contribution is 2.47. The number of para-hydroxylation sites is 2. The number of amides is 1. The van der Waals surface area contributed by atoms with Crippen LogP contribution in [0.3, 0.4) is 0 Å². The number of halogens is 2. The molecule has 0 spiro atoms. The Labute approximate surface area is 238 Å². The van der Waals surface area contributed by atoms with E-state index >= 15 is 0 Å². The average molecular weight is 573 g/mol. The van der Waals surface area contributed by atoms with Crippen LogP contribution in [-0.2, 0) is 16.8 Å².